The van der Waals surface area contributed by atoms with Crippen LogP contribution in [0.1, 0.15) is 30.9 Å². The van der Waals surface area contributed by atoms with Gasteiger partial charge in [0, 0.05) is 31.6 Å². The lowest BCUT2D eigenvalue weighted by Gasteiger charge is -2.27. The van der Waals surface area contributed by atoms with Crippen LogP contribution in [0.3, 0.4) is 0 Å². The zero-order chi connectivity index (χ0) is 12.3. The molecule has 2 rings (SSSR count). The second-order valence-corrected chi connectivity index (χ2v) is 4.96. The topological polar surface area (TPSA) is 33.3 Å². The summed E-state index contributed by atoms with van der Waals surface area (Å²) in [6, 6.07) is 6.93. The highest BCUT2D eigenvalue weighted by molar-refractivity contribution is 5.39. The monoisotopic (exact) mass is 234 g/mol. The van der Waals surface area contributed by atoms with Crippen LogP contribution in [0.25, 0.3) is 0 Å². The van der Waals surface area contributed by atoms with Gasteiger partial charge in [0.1, 0.15) is 5.75 Å². The average molecular weight is 234 g/mol. The lowest BCUT2D eigenvalue weighted by atomic mass is 9.90. The van der Waals surface area contributed by atoms with Crippen molar-refractivity contribution >= 4 is 0 Å². The Morgan fingerprint density at radius 3 is 3.00 bits per heavy atom. The number of benzene rings is 1. The number of rotatable bonds is 4. The van der Waals surface area contributed by atoms with Crippen molar-refractivity contribution in [2.45, 2.75) is 32.4 Å². The van der Waals surface area contributed by atoms with Crippen molar-refractivity contribution in [2.24, 2.45) is 0 Å². The molecular formula is C14H22N2O. The maximum absolute atomic E-state index is 5.31. The van der Waals surface area contributed by atoms with Gasteiger partial charge in [0.25, 0.3) is 0 Å². The predicted molar refractivity (Wildman–Crippen MR) is 70.6 cm³/mol. The van der Waals surface area contributed by atoms with Gasteiger partial charge in [-0.2, -0.15) is 0 Å². The molecule has 0 bridgehead atoms. The van der Waals surface area contributed by atoms with Crippen molar-refractivity contribution in [3.05, 3.63) is 29.3 Å². The van der Waals surface area contributed by atoms with Crippen molar-refractivity contribution in [3.63, 3.8) is 0 Å². The van der Waals surface area contributed by atoms with E-state index in [1.807, 2.05) is 6.07 Å². The standard InChI is InChI=1S/C14H22N2O/c1-10(2)16-9-12-8-15-7-11-4-5-13(17-3)6-14(11)12/h4-6,10,12,15-16H,7-9H2,1-3H3. The number of ether oxygens (including phenoxy) is 1. The summed E-state index contributed by atoms with van der Waals surface area (Å²) in [5, 5.41) is 6.98. The van der Waals surface area contributed by atoms with Gasteiger partial charge < -0.3 is 15.4 Å². The van der Waals surface area contributed by atoms with Gasteiger partial charge in [-0.25, -0.2) is 0 Å². The maximum Gasteiger partial charge on any atom is 0.119 e. The van der Waals surface area contributed by atoms with Gasteiger partial charge in [-0.15, -0.1) is 0 Å². The summed E-state index contributed by atoms with van der Waals surface area (Å²) in [4.78, 5) is 0. The van der Waals surface area contributed by atoms with Crippen molar-refractivity contribution in [2.75, 3.05) is 20.2 Å². The minimum absolute atomic E-state index is 0.533. The zero-order valence-electron chi connectivity index (χ0n) is 10.9. The minimum atomic E-state index is 0.533. The van der Waals surface area contributed by atoms with Crippen molar-refractivity contribution in [1.29, 1.82) is 0 Å². The minimum Gasteiger partial charge on any atom is -0.497 e. The normalized spacial score (nSPS) is 19.2. The number of fused-ring (bicyclic) bond motifs is 1. The number of methoxy groups -OCH3 is 1. The molecule has 0 fully saturated rings. The number of nitrogens with one attached hydrogen (secondary N) is 2. The first-order valence-corrected chi connectivity index (χ1v) is 6.31. The predicted octanol–water partition coefficient (Wildman–Crippen LogP) is 1.88. The Hall–Kier alpha value is -1.06. The summed E-state index contributed by atoms with van der Waals surface area (Å²) in [5.41, 5.74) is 2.82. The SMILES string of the molecule is COc1ccc2c(c1)C(CNC(C)C)CNC2. The Morgan fingerprint density at radius 1 is 1.47 bits per heavy atom. The van der Waals surface area contributed by atoms with Crippen LogP contribution in [-0.4, -0.2) is 26.2 Å². The first-order valence-electron chi connectivity index (χ1n) is 6.31. The molecule has 0 aliphatic carbocycles. The highest BCUT2D eigenvalue weighted by atomic mass is 16.5. The van der Waals surface area contributed by atoms with Crippen LogP contribution in [0, 0.1) is 0 Å². The van der Waals surface area contributed by atoms with E-state index < -0.39 is 0 Å². The van der Waals surface area contributed by atoms with Crippen LogP contribution in [0.2, 0.25) is 0 Å². The summed E-state index contributed by atoms with van der Waals surface area (Å²) < 4.78 is 5.31. The van der Waals surface area contributed by atoms with Crippen LogP contribution in [0.5, 0.6) is 5.75 Å². The third-order valence-electron chi connectivity index (χ3n) is 3.27. The Morgan fingerprint density at radius 2 is 2.29 bits per heavy atom. The van der Waals surface area contributed by atoms with E-state index in [2.05, 4.69) is 36.6 Å². The third kappa shape index (κ3) is 2.99. The molecule has 2 N–H and O–H groups in total. The molecule has 1 atom stereocenters. The fourth-order valence-corrected chi connectivity index (χ4v) is 2.29. The largest absolute Gasteiger partial charge is 0.497 e. The highest BCUT2D eigenvalue weighted by Crippen LogP contribution is 2.27. The molecule has 1 unspecified atom stereocenters. The first-order chi connectivity index (χ1) is 8.20. The Kier molecular flexibility index (Phi) is 4.02. The molecule has 1 aromatic carbocycles. The van der Waals surface area contributed by atoms with E-state index in [1.165, 1.54) is 11.1 Å². The van der Waals surface area contributed by atoms with E-state index in [4.69, 9.17) is 4.74 Å². The maximum atomic E-state index is 5.31. The zero-order valence-corrected chi connectivity index (χ0v) is 10.9. The summed E-state index contributed by atoms with van der Waals surface area (Å²) in [7, 11) is 1.73. The van der Waals surface area contributed by atoms with Gasteiger partial charge in [0.15, 0.2) is 0 Å². The van der Waals surface area contributed by atoms with Crippen molar-refractivity contribution in [3.8, 4) is 5.75 Å². The lowest BCUT2D eigenvalue weighted by molar-refractivity contribution is 0.411. The molecular weight excluding hydrogens is 212 g/mol. The molecule has 3 heteroatoms. The average Bonchev–Trinajstić information content (AvgIpc) is 2.35. The number of hydrogen-bond donors (Lipinski definition) is 2. The molecule has 1 heterocycles. The summed E-state index contributed by atoms with van der Waals surface area (Å²) in [5.74, 6) is 1.50. The fraction of sp³-hybridized carbons (Fsp3) is 0.571. The Labute approximate surface area is 104 Å². The van der Waals surface area contributed by atoms with Gasteiger partial charge >= 0.3 is 0 Å². The van der Waals surface area contributed by atoms with Crippen LogP contribution in [0.4, 0.5) is 0 Å². The van der Waals surface area contributed by atoms with Crippen LogP contribution in [-0.2, 0) is 6.54 Å². The Balaban J connectivity index is 2.16. The fourth-order valence-electron chi connectivity index (χ4n) is 2.29. The Bertz CT molecular complexity index is 376. The van der Waals surface area contributed by atoms with Crippen LogP contribution >= 0.6 is 0 Å². The van der Waals surface area contributed by atoms with Crippen LogP contribution < -0.4 is 15.4 Å². The summed E-state index contributed by atoms with van der Waals surface area (Å²) in [6.45, 7) is 7.40. The van der Waals surface area contributed by atoms with Crippen molar-refractivity contribution in [1.82, 2.24) is 10.6 Å². The molecule has 0 aromatic heterocycles. The molecule has 94 valence electrons. The third-order valence-corrected chi connectivity index (χ3v) is 3.27. The second-order valence-electron chi connectivity index (χ2n) is 4.96. The van der Waals surface area contributed by atoms with Crippen molar-refractivity contribution < 1.29 is 4.74 Å². The number of hydrogen-bond acceptors (Lipinski definition) is 3. The van der Waals surface area contributed by atoms with E-state index in [-0.39, 0.29) is 0 Å². The van der Waals surface area contributed by atoms with E-state index in [1.54, 1.807) is 7.11 Å². The van der Waals surface area contributed by atoms with Gasteiger partial charge in [-0.05, 0) is 23.3 Å². The molecule has 1 aliphatic rings. The molecule has 0 amide bonds. The second kappa shape index (κ2) is 5.52. The molecule has 1 aliphatic heterocycles. The van der Waals surface area contributed by atoms with Gasteiger partial charge in [-0.1, -0.05) is 19.9 Å². The van der Waals surface area contributed by atoms with E-state index in [0.29, 0.717) is 12.0 Å². The lowest BCUT2D eigenvalue weighted by Crippen LogP contribution is -2.36. The molecule has 17 heavy (non-hydrogen) atoms. The van der Waals surface area contributed by atoms with E-state index in [9.17, 15) is 0 Å². The molecule has 0 spiro atoms. The highest BCUT2D eigenvalue weighted by Gasteiger charge is 2.20. The molecule has 3 nitrogen and oxygen atoms in total. The quantitative estimate of drug-likeness (QED) is 0.834. The first kappa shape index (κ1) is 12.4. The summed E-state index contributed by atoms with van der Waals surface area (Å²) in [6.07, 6.45) is 0. The smallest absolute Gasteiger partial charge is 0.119 e. The molecule has 0 saturated heterocycles. The van der Waals surface area contributed by atoms with Gasteiger partial charge in [0.2, 0.25) is 0 Å². The molecule has 0 saturated carbocycles. The molecule has 0 radical (unpaired) electrons. The van der Waals surface area contributed by atoms with E-state index in [0.717, 1.165) is 25.4 Å². The van der Waals surface area contributed by atoms with Gasteiger partial charge in [-0.3, -0.25) is 0 Å². The molecule has 1 aromatic rings. The van der Waals surface area contributed by atoms with Gasteiger partial charge in [0.05, 0.1) is 7.11 Å². The summed E-state index contributed by atoms with van der Waals surface area (Å²) >= 11 is 0. The van der Waals surface area contributed by atoms with E-state index >= 15 is 0 Å². The van der Waals surface area contributed by atoms with Crippen LogP contribution in [0.15, 0.2) is 18.2 Å².